The summed E-state index contributed by atoms with van der Waals surface area (Å²) in [5, 5.41) is 13.5. The second-order valence-corrected chi connectivity index (χ2v) is 7.60. The van der Waals surface area contributed by atoms with E-state index in [1.807, 2.05) is 0 Å². The Bertz CT molecular complexity index is 1090. The van der Waals surface area contributed by atoms with Crippen LogP contribution in [0.2, 0.25) is 10.0 Å². The number of non-ortho nitro benzene ring substituents is 1. The number of esters is 1. The zero-order valence-corrected chi connectivity index (χ0v) is 18.2. The number of anilines is 1. The SMILES string of the molecule is COC(=O)[C@@H]1CCCN1C(=O)Oc1ccc(Cl)cc1C(=O)Nc1ccc([N+](=O)[O-])cc1Cl. The molecule has 3 rings (SSSR count). The first-order valence-electron chi connectivity index (χ1n) is 9.32. The Morgan fingerprint density at radius 3 is 2.59 bits per heavy atom. The molecule has 0 aromatic heterocycles. The van der Waals surface area contributed by atoms with E-state index in [9.17, 15) is 24.5 Å². The number of carbonyl (C=O) groups excluding carboxylic acids is 3. The molecule has 0 bridgehead atoms. The van der Waals surface area contributed by atoms with Gasteiger partial charge in [-0.25, -0.2) is 9.59 Å². The van der Waals surface area contributed by atoms with E-state index in [1.54, 1.807) is 0 Å². The molecule has 0 radical (unpaired) electrons. The van der Waals surface area contributed by atoms with Crippen molar-refractivity contribution in [2.45, 2.75) is 18.9 Å². The molecule has 1 saturated heterocycles. The zero-order valence-electron chi connectivity index (χ0n) is 16.7. The Labute approximate surface area is 192 Å². The lowest BCUT2D eigenvalue weighted by atomic mass is 10.1. The number of nitrogens with zero attached hydrogens (tertiary/aromatic N) is 2. The maximum Gasteiger partial charge on any atom is 0.416 e. The number of hydrogen-bond donors (Lipinski definition) is 1. The van der Waals surface area contributed by atoms with Crippen LogP contribution in [0, 0.1) is 10.1 Å². The van der Waals surface area contributed by atoms with Crippen molar-refractivity contribution in [2.24, 2.45) is 0 Å². The van der Waals surface area contributed by atoms with E-state index in [4.69, 9.17) is 32.7 Å². The van der Waals surface area contributed by atoms with Crippen molar-refractivity contribution in [1.29, 1.82) is 0 Å². The molecular weight excluding hydrogens is 465 g/mol. The fourth-order valence-electron chi connectivity index (χ4n) is 3.20. The van der Waals surface area contributed by atoms with Crippen molar-refractivity contribution < 1.29 is 28.8 Å². The second-order valence-electron chi connectivity index (χ2n) is 6.76. The molecular formula is C20H17Cl2N3O7. The Morgan fingerprint density at radius 1 is 1.19 bits per heavy atom. The van der Waals surface area contributed by atoms with Crippen LogP contribution in [0.25, 0.3) is 0 Å². The highest BCUT2D eigenvalue weighted by molar-refractivity contribution is 6.34. The van der Waals surface area contributed by atoms with E-state index in [2.05, 4.69) is 5.32 Å². The highest BCUT2D eigenvalue weighted by Gasteiger charge is 2.36. The number of nitro groups is 1. The van der Waals surface area contributed by atoms with E-state index in [0.29, 0.717) is 19.4 Å². The Kier molecular flexibility index (Phi) is 7.16. The van der Waals surface area contributed by atoms with Gasteiger partial charge in [-0.05, 0) is 37.1 Å². The summed E-state index contributed by atoms with van der Waals surface area (Å²) < 4.78 is 10.1. The Balaban J connectivity index is 1.82. The highest BCUT2D eigenvalue weighted by Crippen LogP contribution is 2.30. The first-order valence-corrected chi connectivity index (χ1v) is 10.1. The lowest BCUT2D eigenvalue weighted by Crippen LogP contribution is -2.42. The van der Waals surface area contributed by atoms with E-state index in [-0.39, 0.29) is 32.7 Å². The molecule has 0 unspecified atom stereocenters. The molecule has 1 N–H and O–H groups in total. The lowest BCUT2D eigenvalue weighted by molar-refractivity contribution is -0.384. The maximum absolute atomic E-state index is 12.8. The number of methoxy groups -OCH3 is 1. The van der Waals surface area contributed by atoms with Crippen LogP contribution >= 0.6 is 23.2 Å². The molecule has 0 aliphatic carbocycles. The Hall–Kier alpha value is -3.37. The molecule has 2 aromatic rings. The van der Waals surface area contributed by atoms with Gasteiger partial charge in [-0.3, -0.25) is 19.8 Å². The minimum atomic E-state index is -0.817. The van der Waals surface area contributed by atoms with Crippen molar-refractivity contribution in [3.63, 3.8) is 0 Å². The molecule has 2 aromatic carbocycles. The van der Waals surface area contributed by atoms with Crippen LogP contribution in [0.5, 0.6) is 5.75 Å². The van der Waals surface area contributed by atoms with Crippen LogP contribution in [-0.4, -0.2) is 47.5 Å². The van der Waals surface area contributed by atoms with Gasteiger partial charge in [0, 0.05) is 23.7 Å². The smallest absolute Gasteiger partial charge is 0.416 e. The first-order chi connectivity index (χ1) is 15.2. The van der Waals surface area contributed by atoms with Crippen LogP contribution in [0.3, 0.4) is 0 Å². The number of likely N-dealkylation sites (tertiary alicyclic amines) is 1. The number of rotatable bonds is 5. The maximum atomic E-state index is 12.8. The van der Waals surface area contributed by atoms with Gasteiger partial charge in [0.15, 0.2) is 0 Å². The molecule has 1 heterocycles. The van der Waals surface area contributed by atoms with Crippen LogP contribution in [0.15, 0.2) is 36.4 Å². The number of halogens is 2. The number of nitrogens with one attached hydrogen (secondary N) is 1. The zero-order chi connectivity index (χ0) is 23.4. The van der Waals surface area contributed by atoms with Gasteiger partial charge in [-0.2, -0.15) is 0 Å². The molecule has 0 saturated carbocycles. The van der Waals surface area contributed by atoms with Gasteiger partial charge in [0.2, 0.25) is 0 Å². The number of carbonyl (C=O) groups is 3. The van der Waals surface area contributed by atoms with Gasteiger partial charge in [0.1, 0.15) is 11.8 Å². The summed E-state index contributed by atoms with van der Waals surface area (Å²) in [6.07, 6.45) is 0.221. The summed E-state index contributed by atoms with van der Waals surface area (Å²) in [7, 11) is 1.23. The number of amides is 2. The monoisotopic (exact) mass is 481 g/mol. The summed E-state index contributed by atoms with van der Waals surface area (Å²) >= 11 is 12.0. The van der Waals surface area contributed by atoms with Gasteiger partial charge in [0.25, 0.3) is 11.6 Å². The van der Waals surface area contributed by atoms with Gasteiger partial charge >= 0.3 is 12.1 Å². The molecule has 0 spiro atoms. The topological polar surface area (TPSA) is 128 Å². The highest BCUT2D eigenvalue weighted by atomic mass is 35.5. The number of nitro benzene ring substituents is 1. The van der Waals surface area contributed by atoms with Crippen LogP contribution in [0.4, 0.5) is 16.2 Å². The van der Waals surface area contributed by atoms with Crippen LogP contribution in [-0.2, 0) is 9.53 Å². The molecule has 2 amide bonds. The fraction of sp³-hybridized carbons (Fsp3) is 0.250. The van der Waals surface area contributed by atoms with E-state index in [0.717, 1.165) is 6.07 Å². The second kappa shape index (κ2) is 9.84. The summed E-state index contributed by atoms with van der Waals surface area (Å²) in [6.45, 7) is 0.298. The van der Waals surface area contributed by atoms with Crippen molar-refractivity contribution in [3.05, 3.63) is 62.1 Å². The van der Waals surface area contributed by atoms with E-state index >= 15 is 0 Å². The van der Waals surface area contributed by atoms with Gasteiger partial charge < -0.3 is 14.8 Å². The minimum absolute atomic E-state index is 0.0499. The number of ether oxygens (including phenoxy) is 2. The third kappa shape index (κ3) is 5.09. The third-order valence-electron chi connectivity index (χ3n) is 4.76. The average molecular weight is 482 g/mol. The molecule has 12 heteroatoms. The standard InChI is InChI=1S/C20H17Cl2N3O7/c1-31-19(27)16-3-2-8-24(16)20(28)32-17-7-4-11(21)9-13(17)18(26)23-15-6-5-12(25(29)30)10-14(15)22/h4-7,9-10,16H,2-3,8H2,1H3,(H,23,26)/t16-/m0/s1. The Morgan fingerprint density at radius 2 is 1.94 bits per heavy atom. The molecule has 1 aliphatic rings. The first kappa shape index (κ1) is 23.3. The van der Waals surface area contributed by atoms with E-state index < -0.39 is 28.9 Å². The molecule has 1 aliphatic heterocycles. The van der Waals surface area contributed by atoms with Crippen molar-refractivity contribution in [2.75, 3.05) is 19.0 Å². The van der Waals surface area contributed by atoms with Gasteiger partial charge in [-0.1, -0.05) is 23.2 Å². The van der Waals surface area contributed by atoms with Crippen molar-refractivity contribution in [1.82, 2.24) is 4.90 Å². The van der Waals surface area contributed by atoms with Gasteiger partial charge in [-0.15, -0.1) is 0 Å². The summed E-state index contributed by atoms with van der Waals surface area (Å²) in [6, 6.07) is 6.85. The summed E-state index contributed by atoms with van der Waals surface area (Å²) in [5.41, 5.74) is -0.199. The van der Waals surface area contributed by atoms with Crippen LogP contribution < -0.4 is 10.1 Å². The van der Waals surface area contributed by atoms with E-state index in [1.165, 1.54) is 42.3 Å². The minimum Gasteiger partial charge on any atom is -0.467 e. The fourth-order valence-corrected chi connectivity index (χ4v) is 3.59. The summed E-state index contributed by atoms with van der Waals surface area (Å²) in [4.78, 5) is 48.9. The third-order valence-corrected chi connectivity index (χ3v) is 5.30. The lowest BCUT2D eigenvalue weighted by Gasteiger charge is -2.22. The molecule has 1 fully saturated rings. The molecule has 1 atom stereocenters. The molecule has 168 valence electrons. The quantitative estimate of drug-likeness (QED) is 0.383. The van der Waals surface area contributed by atoms with Crippen molar-refractivity contribution in [3.8, 4) is 5.75 Å². The summed E-state index contributed by atoms with van der Waals surface area (Å²) in [5.74, 6) is -1.36. The van der Waals surface area contributed by atoms with Crippen LogP contribution in [0.1, 0.15) is 23.2 Å². The largest absolute Gasteiger partial charge is 0.467 e. The average Bonchev–Trinajstić information content (AvgIpc) is 3.25. The predicted octanol–water partition coefficient (Wildman–Crippen LogP) is 4.29. The number of hydrogen-bond acceptors (Lipinski definition) is 7. The molecule has 10 nitrogen and oxygen atoms in total. The van der Waals surface area contributed by atoms with Crippen molar-refractivity contribution >= 4 is 52.5 Å². The van der Waals surface area contributed by atoms with Gasteiger partial charge in [0.05, 0.1) is 28.3 Å². The predicted molar refractivity (Wildman–Crippen MR) is 115 cm³/mol. The molecule has 32 heavy (non-hydrogen) atoms. The normalized spacial score (nSPS) is 15.2. The number of benzene rings is 2.